The van der Waals surface area contributed by atoms with Crippen LogP contribution in [0.1, 0.15) is 13.8 Å². The predicted octanol–water partition coefficient (Wildman–Crippen LogP) is 1.77. The van der Waals surface area contributed by atoms with Gasteiger partial charge in [-0.05, 0) is 13.8 Å². The van der Waals surface area contributed by atoms with Crippen molar-refractivity contribution in [2.75, 3.05) is 39.8 Å². The Kier molecular flexibility index (Phi) is 8.02. The molecular weight excluding hydrogens is 372 g/mol. The van der Waals surface area contributed by atoms with Crippen LogP contribution in [0.5, 0.6) is 0 Å². The fourth-order valence-electron chi connectivity index (χ4n) is 2.02. The third-order valence-electron chi connectivity index (χ3n) is 3.18. The van der Waals surface area contributed by atoms with Crippen LogP contribution < -0.4 is 5.32 Å². The normalized spacial score (nSPS) is 19.9. The number of hydrogen-bond acceptors (Lipinski definition) is 2. The molecule has 0 aromatic heterocycles. The number of aliphatic imine (C=N–C) groups is 1. The van der Waals surface area contributed by atoms with E-state index in [1.54, 1.807) is 7.05 Å². The van der Waals surface area contributed by atoms with E-state index in [0.717, 1.165) is 12.5 Å². The Hall–Kier alpha value is -0.250. The van der Waals surface area contributed by atoms with Crippen LogP contribution in [0.25, 0.3) is 0 Å². The number of alkyl halides is 3. The van der Waals surface area contributed by atoms with Crippen LogP contribution in [0.4, 0.5) is 13.2 Å². The molecule has 4 nitrogen and oxygen atoms in total. The van der Waals surface area contributed by atoms with E-state index in [1.807, 2.05) is 11.8 Å². The van der Waals surface area contributed by atoms with Crippen LogP contribution in [0.3, 0.4) is 0 Å². The van der Waals surface area contributed by atoms with Crippen LogP contribution >= 0.6 is 24.0 Å². The summed E-state index contributed by atoms with van der Waals surface area (Å²) < 4.78 is 37.8. The smallest absolute Gasteiger partial charge is 0.357 e. The summed E-state index contributed by atoms with van der Waals surface area (Å²) >= 11 is 0. The van der Waals surface area contributed by atoms with Gasteiger partial charge in [-0.1, -0.05) is 0 Å². The van der Waals surface area contributed by atoms with E-state index in [9.17, 15) is 13.2 Å². The first-order chi connectivity index (χ1) is 8.40. The fraction of sp³-hybridized carbons (Fsp3) is 0.909. The van der Waals surface area contributed by atoms with Crippen LogP contribution in [0.15, 0.2) is 4.99 Å². The highest BCUT2D eigenvalue weighted by molar-refractivity contribution is 14.0. The summed E-state index contributed by atoms with van der Waals surface area (Å²) in [7, 11) is 1.68. The minimum Gasteiger partial charge on any atom is -0.357 e. The van der Waals surface area contributed by atoms with Gasteiger partial charge in [-0.15, -0.1) is 24.0 Å². The molecule has 0 aliphatic carbocycles. The lowest BCUT2D eigenvalue weighted by molar-refractivity contribution is -0.181. The Morgan fingerprint density at radius 1 is 1.26 bits per heavy atom. The third kappa shape index (κ3) is 5.33. The molecule has 1 unspecified atom stereocenters. The van der Waals surface area contributed by atoms with Crippen molar-refractivity contribution in [3.05, 3.63) is 0 Å². The quantitative estimate of drug-likeness (QED) is 0.440. The van der Waals surface area contributed by atoms with E-state index in [2.05, 4.69) is 10.3 Å². The molecule has 1 atom stereocenters. The van der Waals surface area contributed by atoms with Crippen molar-refractivity contribution in [1.82, 2.24) is 15.1 Å². The highest BCUT2D eigenvalue weighted by Gasteiger charge is 2.40. The van der Waals surface area contributed by atoms with Gasteiger partial charge in [0.25, 0.3) is 0 Å². The van der Waals surface area contributed by atoms with Crippen LogP contribution in [-0.4, -0.2) is 67.7 Å². The Morgan fingerprint density at radius 3 is 2.16 bits per heavy atom. The lowest BCUT2D eigenvalue weighted by atomic mass is 10.2. The van der Waals surface area contributed by atoms with Gasteiger partial charge in [-0.2, -0.15) is 13.2 Å². The van der Waals surface area contributed by atoms with E-state index in [0.29, 0.717) is 26.2 Å². The average molecular weight is 394 g/mol. The van der Waals surface area contributed by atoms with E-state index in [4.69, 9.17) is 0 Å². The maximum atomic E-state index is 12.6. The summed E-state index contributed by atoms with van der Waals surface area (Å²) in [5.74, 6) is 0.761. The summed E-state index contributed by atoms with van der Waals surface area (Å²) in [6, 6.07) is -1.37. The summed E-state index contributed by atoms with van der Waals surface area (Å²) in [6.07, 6.45) is -4.15. The number of hydrogen-bond donors (Lipinski definition) is 1. The van der Waals surface area contributed by atoms with Crippen LogP contribution in [0, 0.1) is 0 Å². The Balaban J connectivity index is 0.00000324. The van der Waals surface area contributed by atoms with Crippen molar-refractivity contribution in [1.29, 1.82) is 0 Å². The molecule has 19 heavy (non-hydrogen) atoms. The molecule has 1 N–H and O–H groups in total. The largest absolute Gasteiger partial charge is 0.403 e. The molecule has 1 saturated heterocycles. The number of piperazine rings is 1. The molecule has 0 bridgehead atoms. The van der Waals surface area contributed by atoms with Crippen molar-refractivity contribution < 1.29 is 13.2 Å². The van der Waals surface area contributed by atoms with E-state index < -0.39 is 12.2 Å². The topological polar surface area (TPSA) is 30.9 Å². The summed E-state index contributed by atoms with van der Waals surface area (Å²) in [5.41, 5.74) is 0. The predicted molar refractivity (Wildman–Crippen MR) is 81.1 cm³/mol. The van der Waals surface area contributed by atoms with Crippen molar-refractivity contribution in [2.24, 2.45) is 4.99 Å². The maximum Gasteiger partial charge on any atom is 0.403 e. The standard InChI is InChI=1S/C11H21F3N4.HI/c1-4-16-10(15-3)18-7-5-17(6-8-18)9(2)11(12,13)14;/h9H,4-8H2,1-3H3,(H,15,16);1H. The third-order valence-corrected chi connectivity index (χ3v) is 3.18. The molecule has 1 rings (SSSR count). The van der Waals surface area contributed by atoms with Crippen molar-refractivity contribution in [3.8, 4) is 0 Å². The molecule has 0 spiro atoms. The van der Waals surface area contributed by atoms with Gasteiger partial charge in [-0.3, -0.25) is 9.89 Å². The molecule has 1 aliphatic rings. The lowest BCUT2D eigenvalue weighted by Crippen LogP contribution is -2.56. The second-order valence-corrected chi connectivity index (χ2v) is 4.32. The van der Waals surface area contributed by atoms with E-state index in [-0.39, 0.29) is 24.0 Å². The van der Waals surface area contributed by atoms with Gasteiger partial charge in [0, 0.05) is 39.8 Å². The number of halogens is 4. The highest BCUT2D eigenvalue weighted by Crippen LogP contribution is 2.25. The minimum atomic E-state index is -4.15. The first kappa shape index (κ1) is 18.8. The average Bonchev–Trinajstić information content (AvgIpc) is 2.34. The van der Waals surface area contributed by atoms with E-state index >= 15 is 0 Å². The van der Waals surface area contributed by atoms with Gasteiger partial charge in [0.15, 0.2) is 5.96 Å². The molecule has 0 saturated carbocycles. The number of nitrogens with zero attached hydrogens (tertiary/aromatic N) is 3. The number of nitrogens with one attached hydrogen (secondary N) is 1. The molecular formula is C11H22F3IN4. The zero-order valence-electron chi connectivity index (χ0n) is 11.5. The van der Waals surface area contributed by atoms with Crippen LogP contribution in [0.2, 0.25) is 0 Å². The molecule has 1 heterocycles. The van der Waals surface area contributed by atoms with Gasteiger partial charge in [0.1, 0.15) is 6.04 Å². The molecule has 0 aromatic carbocycles. The van der Waals surface area contributed by atoms with Gasteiger partial charge in [0.05, 0.1) is 0 Å². The van der Waals surface area contributed by atoms with Crippen molar-refractivity contribution in [3.63, 3.8) is 0 Å². The zero-order valence-corrected chi connectivity index (χ0v) is 13.8. The molecule has 8 heteroatoms. The van der Waals surface area contributed by atoms with E-state index in [1.165, 1.54) is 11.8 Å². The molecule has 0 radical (unpaired) electrons. The van der Waals surface area contributed by atoms with Gasteiger partial charge >= 0.3 is 6.18 Å². The maximum absolute atomic E-state index is 12.6. The molecule has 1 fully saturated rings. The number of rotatable bonds is 2. The minimum absolute atomic E-state index is 0. The second-order valence-electron chi connectivity index (χ2n) is 4.32. The van der Waals surface area contributed by atoms with Crippen molar-refractivity contribution >= 4 is 29.9 Å². The summed E-state index contributed by atoms with van der Waals surface area (Å²) in [6.45, 7) is 5.89. The zero-order chi connectivity index (χ0) is 13.8. The first-order valence-corrected chi connectivity index (χ1v) is 6.16. The summed E-state index contributed by atoms with van der Waals surface area (Å²) in [5, 5.41) is 3.11. The molecule has 114 valence electrons. The lowest BCUT2D eigenvalue weighted by Gasteiger charge is -2.39. The Labute approximate surface area is 129 Å². The monoisotopic (exact) mass is 394 g/mol. The van der Waals surface area contributed by atoms with Gasteiger partial charge in [0.2, 0.25) is 0 Å². The first-order valence-electron chi connectivity index (χ1n) is 6.16. The summed E-state index contributed by atoms with van der Waals surface area (Å²) in [4.78, 5) is 7.57. The molecule has 0 amide bonds. The van der Waals surface area contributed by atoms with Gasteiger partial charge < -0.3 is 10.2 Å². The molecule has 0 aromatic rings. The second kappa shape index (κ2) is 8.13. The van der Waals surface area contributed by atoms with Gasteiger partial charge in [-0.25, -0.2) is 0 Å². The number of guanidine groups is 1. The highest BCUT2D eigenvalue weighted by atomic mass is 127. The SMILES string of the molecule is CCNC(=NC)N1CCN(C(C)C(F)(F)F)CC1.I. The van der Waals surface area contributed by atoms with Crippen LogP contribution in [-0.2, 0) is 0 Å². The molecule has 1 aliphatic heterocycles. The Bertz CT molecular complexity index is 288. The fourth-order valence-corrected chi connectivity index (χ4v) is 2.02. The Morgan fingerprint density at radius 2 is 1.79 bits per heavy atom. The van der Waals surface area contributed by atoms with Crippen molar-refractivity contribution in [2.45, 2.75) is 26.1 Å².